The Morgan fingerprint density at radius 3 is 1.35 bits per heavy atom. The van der Waals surface area contributed by atoms with Crippen molar-refractivity contribution in [3.8, 4) is 11.5 Å². The Balaban J connectivity index is 1.67. The highest BCUT2D eigenvalue weighted by Gasteiger charge is 1.92. The first-order valence-electron chi connectivity index (χ1n) is 6.36. The highest BCUT2D eigenvalue weighted by atomic mass is 16.5. The zero-order valence-corrected chi connectivity index (χ0v) is 11.2. The highest BCUT2D eigenvalue weighted by molar-refractivity contribution is 5.42. The van der Waals surface area contributed by atoms with E-state index in [2.05, 4.69) is 0 Å². The predicted octanol–water partition coefficient (Wildman–Crippen LogP) is 2.87. The third kappa shape index (κ3) is 4.57. The molecule has 104 valence electrons. The Morgan fingerprint density at radius 2 is 1.00 bits per heavy atom. The molecule has 2 aromatic carbocycles. The number of rotatable bonds is 6. The summed E-state index contributed by atoms with van der Waals surface area (Å²) < 4.78 is 11.0. The van der Waals surface area contributed by atoms with Crippen LogP contribution in [0.4, 0.5) is 11.4 Å². The maximum absolute atomic E-state index is 5.59. The van der Waals surface area contributed by atoms with E-state index in [9.17, 15) is 0 Å². The third-order valence-electron chi connectivity index (χ3n) is 2.62. The van der Waals surface area contributed by atoms with Gasteiger partial charge in [0, 0.05) is 11.4 Å². The van der Waals surface area contributed by atoms with Crippen LogP contribution in [0.25, 0.3) is 0 Å². The van der Waals surface area contributed by atoms with Gasteiger partial charge in [-0.3, -0.25) is 0 Å². The normalized spacial score (nSPS) is 10.6. The molecule has 0 aliphatic heterocycles. The molecular formula is C16H18N2O2. The van der Waals surface area contributed by atoms with Gasteiger partial charge in [0.2, 0.25) is 0 Å². The minimum Gasteiger partial charge on any atom is -0.490 e. The summed E-state index contributed by atoms with van der Waals surface area (Å²) in [5.41, 5.74) is 12.6. The summed E-state index contributed by atoms with van der Waals surface area (Å²) in [6, 6.07) is 14.6. The van der Waals surface area contributed by atoms with Crippen molar-refractivity contribution in [2.75, 3.05) is 24.7 Å². The lowest BCUT2D eigenvalue weighted by Gasteiger charge is -2.04. The van der Waals surface area contributed by atoms with Gasteiger partial charge in [0.05, 0.1) is 0 Å². The zero-order valence-electron chi connectivity index (χ0n) is 11.2. The number of benzene rings is 2. The molecule has 0 atom stereocenters. The summed E-state index contributed by atoms with van der Waals surface area (Å²) in [5, 5.41) is 0. The zero-order chi connectivity index (χ0) is 14.2. The second kappa shape index (κ2) is 7.09. The molecule has 4 heteroatoms. The first-order valence-corrected chi connectivity index (χ1v) is 6.36. The van der Waals surface area contributed by atoms with Crippen LogP contribution >= 0.6 is 0 Å². The third-order valence-corrected chi connectivity index (χ3v) is 2.62. The topological polar surface area (TPSA) is 70.5 Å². The van der Waals surface area contributed by atoms with Crippen molar-refractivity contribution in [2.24, 2.45) is 0 Å². The minimum atomic E-state index is 0.495. The van der Waals surface area contributed by atoms with Crippen LogP contribution in [-0.2, 0) is 0 Å². The maximum Gasteiger partial charge on any atom is 0.119 e. The van der Waals surface area contributed by atoms with Gasteiger partial charge in [0.1, 0.15) is 24.7 Å². The summed E-state index contributed by atoms with van der Waals surface area (Å²) in [7, 11) is 0. The summed E-state index contributed by atoms with van der Waals surface area (Å²) in [6.45, 7) is 0.990. The van der Waals surface area contributed by atoms with Gasteiger partial charge < -0.3 is 20.9 Å². The smallest absolute Gasteiger partial charge is 0.119 e. The van der Waals surface area contributed by atoms with Gasteiger partial charge in [0.25, 0.3) is 0 Å². The molecule has 0 aromatic heterocycles. The number of hydrogen-bond acceptors (Lipinski definition) is 4. The largest absolute Gasteiger partial charge is 0.490 e. The van der Waals surface area contributed by atoms with Crippen LogP contribution in [0.15, 0.2) is 60.7 Å². The Hall–Kier alpha value is -2.62. The monoisotopic (exact) mass is 270 g/mol. The van der Waals surface area contributed by atoms with Crippen molar-refractivity contribution in [1.82, 2.24) is 0 Å². The molecule has 2 rings (SSSR count). The molecule has 0 bridgehead atoms. The second-order valence-electron chi connectivity index (χ2n) is 4.23. The van der Waals surface area contributed by atoms with E-state index in [1.165, 1.54) is 0 Å². The lowest BCUT2D eigenvalue weighted by atomic mass is 10.3. The highest BCUT2D eigenvalue weighted by Crippen LogP contribution is 2.13. The van der Waals surface area contributed by atoms with Gasteiger partial charge >= 0.3 is 0 Å². The van der Waals surface area contributed by atoms with Crippen LogP contribution in [0.3, 0.4) is 0 Å². The lowest BCUT2D eigenvalue weighted by molar-refractivity contribution is 0.350. The molecule has 0 aliphatic rings. The van der Waals surface area contributed by atoms with Crippen LogP contribution in [0.1, 0.15) is 0 Å². The number of ether oxygens (including phenoxy) is 2. The van der Waals surface area contributed by atoms with E-state index in [1.54, 1.807) is 0 Å². The van der Waals surface area contributed by atoms with Gasteiger partial charge in [-0.1, -0.05) is 0 Å². The molecule has 20 heavy (non-hydrogen) atoms. The maximum atomic E-state index is 5.59. The molecule has 0 saturated carbocycles. The average Bonchev–Trinajstić information content (AvgIpc) is 2.46. The van der Waals surface area contributed by atoms with Gasteiger partial charge in [0.15, 0.2) is 0 Å². The van der Waals surface area contributed by atoms with E-state index < -0.39 is 0 Å². The fraction of sp³-hybridized carbons (Fsp3) is 0.125. The van der Waals surface area contributed by atoms with Gasteiger partial charge in [-0.25, -0.2) is 0 Å². The van der Waals surface area contributed by atoms with Crippen LogP contribution in [0, 0.1) is 0 Å². The van der Waals surface area contributed by atoms with Gasteiger partial charge in [-0.15, -0.1) is 0 Å². The molecular weight excluding hydrogens is 252 g/mol. The first-order chi connectivity index (χ1) is 9.74. The number of nitrogens with two attached hydrogens (primary N) is 2. The van der Waals surface area contributed by atoms with Crippen LogP contribution in [0.2, 0.25) is 0 Å². The molecule has 0 radical (unpaired) electrons. The molecule has 0 aliphatic carbocycles. The van der Waals surface area contributed by atoms with Crippen molar-refractivity contribution >= 4 is 11.4 Å². The Kier molecular flexibility index (Phi) is 4.89. The molecule has 0 fully saturated rings. The first kappa shape index (κ1) is 13.8. The van der Waals surface area contributed by atoms with E-state index >= 15 is 0 Å². The standard InChI is InChI=1S/C16H18N2O2/c17-13-3-7-15(8-4-13)19-11-1-2-12-20-16-9-5-14(18)6-10-16/h1-10H,11-12,17-18H2/b2-1-. The Bertz CT molecular complexity index is 496. The molecule has 4 nitrogen and oxygen atoms in total. The Morgan fingerprint density at radius 1 is 0.650 bits per heavy atom. The summed E-state index contributed by atoms with van der Waals surface area (Å²) in [6.07, 6.45) is 3.82. The van der Waals surface area contributed by atoms with Crippen molar-refractivity contribution in [3.63, 3.8) is 0 Å². The summed E-state index contributed by atoms with van der Waals surface area (Å²) in [5.74, 6) is 1.59. The molecule has 0 spiro atoms. The van der Waals surface area contributed by atoms with Crippen molar-refractivity contribution < 1.29 is 9.47 Å². The number of nitrogen functional groups attached to an aromatic ring is 2. The minimum absolute atomic E-state index is 0.495. The summed E-state index contributed by atoms with van der Waals surface area (Å²) >= 11 is 0. The summed E-state index contributed by atoms with van der Waals surface area (Å²) in [4.78, 5) is 0. The Labute approximate surface area is 118 Å². The molecule has 0 unspecified atom stereocenters. The molecule has 0 amide bonds. The van der Waals surface area contributed by atoms with Crippen LogP contribution in [0.5, 0.6) is 11.5 Å². The lowest BCUT2D eigenvalue weighted by Crippen LogP contribution is -1.97. The fourth-order valence-corrected chi connectivity index (χ4v) is 1.55. The quantitative estimate of drug-likeness (QED) is 0.625. The van der Waals surface area contributed by atoms with E-state index in [-0.39, 0.29) is 0 Å². The molecule has 0 saturated heterocycles. The van der Waals surface area contributed by atoms with Crippen molar-refractivity contribution in [2.45, 2.75) is 0 Å². The second-order valence-corrected chi connectivity index (χ2v) is 4.23. The molecule has 4 N–H and O–H groups in total. The van der Waals surface area contributed by atoms with E-state index in [1.807, 2.05) is 60.7 Å². The van der Waals surface area contributed by atoms with E-state index in [0.717, 1.165) is 22.9 Å². The number of hydrogen-bond donors (Lipinski definition) is 2. The van der Waals surface area contributed by atoms with E-state index in [4.69, 9.17) is 20.9 Å². The fourth-order valence-electron chi connectivity index (χ4n) is 1.55. The number of anilines is 2. The predicted molar refractivity (Wildman–Crippen MR) is 81.8 cm³/mol. The van der Waals surface area contributed by atoms with Crippen molar-refractivity contribution in [1.29, 1.82) is 0 Å². The van der Waals surface area contributed by atoms with Crippen LogP contribution < -0.4 is 20.9 Å². The van der Waals surface area contributed by atoms with Crippen molar-refractivity contribution in [3.05, 3.63) is 60.7 Å². The van der Waals surface area contributed by atoms with Gasteiger partial charge in [-0.2, -0.15) is 0 Å². The SMILES string of the molecule is Nc1ccc(OC/C=C\COc2ccc(N)cc2)cc1. The van der Waals surface area contributed by atoms with E-state index in [0.29, 0.717) is 13.2 Å². The molecule has 2 aromatic rings. The van der Waals surface area contributed by atoms with Gasteiger partial charge in [-0.05, 0) is 60.7 Å². The van der Waals surface area contributed by atoms with Crippen LogP contribution in [-0.4, -0.2) is 13.2 Å². The average molecular weight is 270 g/mol. The molecule has 0 heterocycles.